The van der Waals surface area contributed by atoms with E-state index in [1.165, 1.54) is 0 Å². The second-order valence-electron chi connectivity index (χ2n) is 2.69. The van der Waals surface area contributed by atoms with Crippen LogP contribution in [0.4, 0.5) is 0 Å². The van der Waals surface area contributed by atoms with Gasteiger partial charge in [0.05, 0.1) is 0 Å². The maximum atomic E-state index is 10.9. The molecule has 86 valence electrons. The normalized spacial score (nSPS) is 11.6. The summed E-state index contributed by atoms with van der Waals surface area (Å²) < 4.78 is 0. The lowest BCUT2D eigenvalue weighted by atomic mass is 10.2. The van der Waals surface area contributed by atoms with Crippen molar-refractivity contribution in [2.75, 3.05) is 0 Å². The average molecular weight is 282 g/mol. The quantitative estimate of drug-likeness (QED) is 0.304. The van der Waals surface area contributed by atoms with Crippen molar-refractivity contribution in [1.82, 2.24) is 0 Å². The van der Waals surface area contributed by atoms with Gasteiger partial charge in [-0.15, -0.1) is 0 Å². The molecule has 4 nitrogen and oxygen atoms in total. The lowest BCUT2D eigenvalue weighted by molar-refractivity contribution is -0.141. The van der Waals surface area contributed by atoms with Gasteiger partial charge in [0.2, 0.25) is 4.84 Å². The van der Waals surface area contributed by atoms with Crippen LogP contribution in [0.5, 0.6) is 0 Å². The predicted octanol–water partition coefficient (Wildman–Crippen LogP) is 2.31. The zero-order valence-corrected chi connectivity index (χ0v) is 10.1. The van der Waals surface area contributed by atoms with E-state index < -0.39 is 10.8 Å². The van der Waals surface area contributed by atoms with Crippen molar-refractivity contribution in [2.24, 2.45) is 10.9 Å². The highest BCUT2D eigenvalue weighted by Gasteiger charge is 2.13. The van der Waals surface area contributed by atoms with Crippen LogP contribution in [0.1, 0.15) is 5.56 Å². The third kappa shape index (κ3) is 3.89. The molecular weight excluding hydrogens is 274 g/mol. The molecule has 0 unspecified atom stereocenters. The SMILES string of the molecule is N/C(=N\OC(=O)C(Cl)Cl)c1ccc(Cl)cc1. The Bertz CT molecular complexity index is 404. The Hall–Kier alpha value is -0.970. The lowest BCUT2D eigenvalue weighted by Gasteiger charge is -2.01. The van der Waals surface area contributed by atoms with Gasteiger partial charge in [-0.3, -0.25) is 0 Å². The zero-order chi connectivity index (χ0) is 12.1. The maximum absolute atomic E-state index is 10.9. The van der Waals surface area contributed by atoms with Crippen LogP contribution in [0.2, 0.25) is 5.02 Å². The molecule has 1 rings (SSSR count). The smallest absolute Gasteiger partial charge is 0.367 e. The first-order chi connectivity index (χ1) is 7.50. The van der Waals surface area contributed by atoms with Crippen molar-refractivity contribution in [1.29, 1.82) is 0 Å². The summed E-state index contributed by atoms with van der Waals surface area (Å²) >= 11 is 16.2. The van der Waals surface area contributed by atoms with Gasteiger partial charge >= 0.3 is 5.97 Å². The number of nitrogens with two attached hydrogens (primary N) is 1. The molecule has 0 aliphatic rings. The van der Waals surface area contributed by atoms with Crippen molar-refractivity contribution < 1.29 is 9.63 Å². The Morgan fingerprint density at radius 2 is 1.88 bits per heavy atom. The molecular formula is C9H7Cl3N2O2. The van der Waals surface area contributed by atoms with Crippen LogP contribution in [0.3, 0.4) is 0 Å². The molecule has 0 amide bonds. The van der Waals surface area contributed by atoms with E-state index in [0.717, 1.165) is 0 Å². The van der Waals surface area contributed by atoms with Gasteiger partial charge in [-0.25, -0.2) is 4.79 Å². The van der Waals surface area contributed by atoms with E-state index >= 15 is 0 Å². The molecule has 0 bridgehead atoms. The first-order valence-corrected chi connectivity index (χ1v) is 5.34. The summed E-state index contributed by atoms with van der Waals surface area (Å²) in [5, 5.41) is 3.94. The fraction of sp³-hybridized carbons (Fsp3) is 0.111. The minimum atomic E-state index is -1.29. The van der Waals surface area contributed by atoms with E-state index in [2.05, 4.69) is 9.99 Å². The third-order valence-electron chi connectivity index (χ3n) is 1.55. The van der Waals surface area contributed by atoms with Crippen LogP contribution in [-0.4, -0.2) is 16.6 Å². The van der Waals surface area contributed by atoms with E-state index in [0.29, 0.717) is 10.6 Å². The first-order valence-electron chi connectivity index (χ1n) is 4.09. The van der Waals surface area contributed by atoms with Gasteiger partial charge in [0, 0.05) is 10.6 Å². The largest absolute Gasteiger partial charge is 0.380 e. The Balaban J connectivity index is 2.70. The molecule has 0 fully saturated rings. The summed E-state index contributed by atoms with van der Waals surface area (Å²) in [6.07, 6.45) is 0. The van der Waals surface area contributed by atoms with Crippen molar-refractivity contribution in [3.63, 3.8) is 0 Å². The summed E-state index contributed by atoms with van der Waals surface area (Å²) in [6.45, 7) is 0. The van der Waals surface area contributed by atoms with Gasteiger partial charge < -0.3 is 10.6 Å². The highest BCUT2D eigenvalue weighted by Crippen LogP contribution is 2.09. The van der Waals surface area contributed by atoms with Gasteiger partial charge in [0.25, 0.3) is 0 Å². The van der Waals surface area contributed by atoms with Crippen molar-refractivity contribution in [3.05, 3.63) is 34.9 Å². The number of amidine groups is 1. The fourth-order valence-electron chi connectivity index (χ4n) is 0.807. The van der Waals surface area contributed by atoms with E-state index in [4.69, 9.17) is 40.5 Å². The molecule has 0 heterocycles. The van der Waals surface area contributed by atoms with Crippen molar-refractivity contribution in [2.45, 2.75) is 4.84 Å². The standard InChI is InChI=1S/C9H7Cl3N2O2/c10-6-3-1-5(2-4-6)8(13)14-16-9(15)7(11)12/h1-4,7H,(H2,13,14). The van der Waals surface area contributed by atoms with Gasteiger partial charge in [-0.2, -0.15) is 0 Å². The lowest BCUT2D eigenvalue weighted by Crippen LogP contribution is -2.17. The van der Waals surface area contributed by atoms with Crippen LogP contribution in [-0.2, 0) is 9.63 Å². The van der Waals surface area contributed by atoms with E-state index in [1.807, 2.05) is 0 Å². The molecule has 7 heteroatoms. The molecule has 0 aromatic heterocycles. The minimum absolute atomic E-state index is 0.0269. The maximum Gasteiger partial charge on any atom is 0.367 e. The molecule has 0 saturated carbocycles. The number of oxime groups is 1. The predicted molar refractivity (Wildman–Crippen MR) is 63.8 cm³/mol. The van der Waals surface area contributed by atoms with E-state index in [1.54, 1.807) is 24.3 Å². The van der Waals surface area contributed by atoms with Crippen LogP contribution in [0, 0.1) is 0 Å². The monoisotopic (exact) mass is 280 g/mol. The molecule has 0 radical (unpaired) electrons. The third-order valence-corrected chi connectivity index (χ3v) is 2.16. The van der Waals surface area contributed by atoms with E-state index in [-0.39, 0.29) is 5.84 Å². The Morgan fingerprint density at radius 3 is 2.38 bits per heavy atom. The van der Waals surface area contributed by atoms with Crippen LogP contribution in [0.15, 0.2) is 29.4 Å². The average Bonchev–Trinajstić information content (AvgIpc) is 2.26. The molecule has 1 aromatic carbocycles. The molecule has 1 aromatic rings. The number of carbonyl (C=O) groups excluding carboxylic acids is 1. The van der Waals surface area contributed by atoms with Gasteiger partial charge in [-0.05, 0) is 24.3 Å². The summed E-state index contributed by atoms with van der Waals surface area (Å²) in [5.41, 5.74) is 6.10. The number of benzene rings is 1. The number of halogens is 3. The minimum Gasteiger partial charge on any atom is -0.380 e. The van der Waals surface area contributed by atoms with Crippen molar-refractivity contribution in [3.8, 4) is 0 Å². The van der Waals surface area contributed by atoms with Crippen LogP contribution >= 0.6 is 34.8 Å². The summed E-state index contributed by atoms with van der Waals surface area (Å²) in [5.74, 6) is -0.862. The molecule has 0 atom stereocenters. The number of nitrogens with zero attached hydrogens (tertiary/aromatic N) is 1. The Kier molecular flexibility index (Phi) is 4.86. The number of rotatable bonds is 3. The Morgan fingerprint density at radius 1 is 1.31 bits per heavy atom. The highest BCUT2D eigenvalue weighted by molar-refractivity contribution is 6.52. The number of hydrogen-bond acceptors (Lipinski definition) is 3. The molecule has 2 N–H and O–H groups in total. The van der Waals surface area contributed by atoms with Gasteiger partial charge in [-0.1, -0.05) is 40.0 Å². The number of alkyl halides is 2. The van der Waals surface area contributed by atoms with E-state index in [9.17, 15) is 4.79 Å². The highest BCUT2D eigenvalue weighted by atomic mass is 35.5. The summed E-state index contributed by atoms with van der Waals surface area (Å²) in [6, 6.07) is 6.53. The van der Waals surface area contributed by atoms with Gasteiger partial charge in [0.1, 0.15) is 0 Å². The van der Waals surface area contributed by atoms with Crippen LogP contribution < -0.4 is 5.73 Å². The van der Waals surface area contributed by atoms with Crippen LogP contribution in [0.25, 0.3) is 0 Å². The van der Waals surface area contributed by atoms with Gasteiger partial charge in [0.15, 0.2) is 5.84 Å². The molecule has 16 heavy (non-hydrogen) atoms. The fourth-order valence-corrected chi connectivity index (χ4v) is 1.01. The molecule has 0 aliphatic carbocycles. The zero-order valence-electron chi connectivity index (χ0n) is 7.86. The molecule has 0 saturated heterocycles. The second kappa shape index (κ2) is 5.94. The second-order valence-corrected chi connectivity index (χ2v) is 4.23. The number of carbonyl (C=O) groups is 1. The summed E-state index contributed by atoms with van der Waals surface area (Å²) in [7, 11) is 0. The van der Waals surface area contributed by atoms with Crippen molar-refractivity contribution >= 4 is 46.6 Å². The summed E-state index contributed by atoms with van der Waals surface area (Å²) in [4.78, 5) is 13.9. The Labute approximate surface area is 107 Å². The first kappa shape index (κ1) is 13.1. The molecule has 0 spiro atoms. The number of hydrogen-bond donors (Lipinski definition) is 1. The topological polar surface area (TPSA) is 64.7 Å². The molecule has 0 aliphatic heterocycles.